The molecule has 3 rings (SSSR count). The van der Waals surface area contributed by atoms with Crippen LogP contribution in [0.3, 0.4) is 0 Å². The number of nitrogens with one attached hydrogen (secondary N) is 2. The van der Waals surface area contributed by atoms with Crippen LogP contribution in [-0.4, -0.2) is 16.8 Å². The highest BCUT2D eigenvalue weighted by Gasteiger charge is 2.18. The molecule has 0 amide bonds. The van der Waals surface area contributed by atoms with Crippen molar-refractivity contribution in [2.45, 2.75) is 16.7 Å². The molecule has 0 aliphatic carbocycles. The van der Waals surface area contributed by atoms with E-state index in [0.717, 1.165) is 0 Å². The third-order valence-electron chi connectivity index (χ3n) is 3.87. The van der Waals surface area contributed by atoms with Crippen LogP contribution in [0.4, 0.5) is 11.4 Å². The van der Waals surface area contributed by atoms with Gasteiger partial charge in [0.15, 0.2) is 0 Å². The van der Waals surface area contributed by atoms with E-state index < -0.39 is 20.0 Å². The first-order chi connectivity index (χ1) is 13.2. The highest BCUT2D eigenvalue weighted by atomic mass is 35.5. The minimum absolute atomic E-state index is 0.0157. The Kier molecular flexibility index (Phi) is 5.64. The largest absolute Gasteiger partial charge is 0.280 e. The standard InChI is InChI=1S/C19H17ClN2O4S2/c1-14-13-15(20)7-12-19(14)28(25,26)22-17-8-10-18(11-9-17)27(23,24)21-16-5-3-2-4-6-16/h2-13,21-22H,1H3. The Balaban J connectivity index is 1.81. The van der Waals surface area contributed by atoms with Crippen molar-refractivity contribution < 1.29 is 16.8 Å². The van der Waals surface area contributed by atoms with Crippen LogP contribution in [0.5, 0.6) is 0 Å². The number of para-hydroxylation sites is 1. The minimum atomic E-state index is -3.83. The van der Waals surface area contributed by atoms with Crippen molar-refractivity contribution in [3.05, 3.63) is 83.4 Å². The van der Waals surface area contributed by atoms with Crippen LogP contribution in [0.1, 0.15) is 5.56 Å². The van der Waals surface area contributed by atoms with Gasteiger partial charge < -0.3 is 0 Å². The van der Waals surface area contributed by atoms with Gasteiger partial charge in [0.2, 0.25) is 0 Å². The van der Waals surface area contributed by atoms with Crippen molar-refractivity contribution in [1.82, 2.24) is 0 Å². The summed E-state index contributed by atoms with van der Waals surface area (Å²) in [5.41, 5.74) is 1.18. The molecule has 146 valence electrons. The summed E-state index contributed by atoms with van der Waals surface area (Å²) < 4.78 is 54.9. The van der Waals surface area contributed by atoms with Crippen molar-refractivity contribution in [3.63, 3.8) is 0 Å². The summed E-state index contributed by atoms with van der Waals surface area (Å²) in [5.74, 6) is 0. The van der Waals surface area contributed by atoms with Gasteiger partial charge in [-0.2, -0.15) is 0 Å². The normalized spacial score (nSPS) is 11.8. The van der Waals surface area contributed by atoms with Crippen LogP contribution in [0, 0.1) is 6.92 Å². The van der Waals surface area contributed by atoms with E-state index >= 15 is 0 Å². The molecule has 0 aromatic heterocycles. The van der Waals surface area contributed by atoms with Gasteiger partial charge in [0.05, 0.1) is 9.79 Å². The summed E-state index contributed by atoms with van der Waals surface area (Å²) in [4.78, 5) is 0.112. The number of sulfonamides is 2. The van der Waals surface area contributed by atoms with Gasteiger partial charge in [0.25, 0.3) is 20.0 Å². The second kappa shape index (κ2) is 7.83. The van der Waals surface area contributed by atoms with Crippen LogP contribution in [-0.2, 0) is 20.0 Å². The van der Waals surface area contributed by atoms with E-state index in [2.05, 4.69) is 9.44 Å². The highest BCUT2D eigenvalue weighted by Crippen LogP contribution is 2.23. The second-order valence-corrected chi connectivity index (χ2v) is 9.78. The van der Waals surface area contributed by atoms with Crippen molar-refractivity contribution >= 4 is 43.0 Å². The number of hydrogen-bond donors (Lipinski definition) is 2. The first-order valence-electron chi connectivity index (χ1n) is 8.14. The lowest BCUT2D eigenvalue weighted by molar-refractivity contribution is 0.599. The van der Waals surface area contributed by atoms with Crippen LogP contribution in [0.25, 0.3) is 0 Å². The van der Waals surface area contributed by atoms with Gasteiger partial charge in [-0.3, -0.25) is 9.44 Å². The molecule has 0 fully saturated rings. The number of aryl methyl sites for hydroxylation is 1. The molecule has 0 bridgehead atoms. The van der Waals surface area contributed by atoms with Crippen molar-refractivity contribution in [2.75, 3.05) is 9.44 Å². The number of benzene rings is 3. The van der Waals surface area contributed by atoms with E-state index in [0.29, 0.717) is 16.3 Å². The monoisotopic (exact) mass is 436 g/mol. The molecule has 0 saturated heterocycles. The van der Waals surface area contributed by atoms with E-state index in [-0.39, 0.29) is 15.5 Å². The molecule has 0 atom stereocenters. The summed E-state index contributed by atoms with van der Waals surface area (Å²) in [6.45, 7) is 1.64. The molecule has 0 aliphatic rings. The molecule has 6 nitrogen and oxygen atoms in total. The Hall–Kier alpha value is -2.55. The van der Waals surface area contributed by atoms with Gasteiger partial charge in [0, 0.05) is 16.4 Å². The molecule has 0 radical (unpaired) electrons. The van der Waals surface area contributed by atoms with Crippen LogP contribution in [0.2, 0.25) is 5.02 Å². The second-order valence-electron chi connectivity index (χ2n) is 6.01. The third kappa shape index (κ3) is 4.64. The quantitative estimate of drug-likeness (QED) is 0.604. The van der Waals surface area contributed by atoms with E-state index in [1.54, 1.807) is 43.3 Å². The number of rotatable bonds is 6. The molecule has 0 unspecified atom stereocenters. The molecule has 0 aliphatic heterocycles. The van der Waals surface area contributed by atoms with Gasteiger partial charge in [-0.1, -0.05) is 29.8 Å². The number of hydrogen-bond acceptors (Lipinski definition) is 4. The SMILES string of the molecule is Cc1cc(Cl)ccc1S(=O)(=O)Nc1ccc(S(=O)(=O)Nc2ccccc2)cc1. The Morgan fingerprint density at radius 1 is 0.714 bits per heavy atom. The van der Waals surface area contributed by atoms with Crippen molar-refractivity contribution in [1.29, 1.82) is 0 Å². The van der Waals surface area contributed by atoms with Gasteiger partial charge in [-0.05, 0) is 67.1 Å². The van der Waals surface area contributed by atoms with Crippen LogP contribution < -0.4 is 9.44 Å². The van der Waals surface area contributed by atoms with Gasteiger partial charge in [-0.25, -0.2) is 16.8 Å². The Bertz CT molecular complexity index is 1190. The van der Waals surface area contributed by atoms with Gasteiger partial charge in [-0.15, -0.1) is 0 Å². The average Bonchev–Trinajstić information content (AvgIpc) is 2.62. The zero-order chi connectivity index (χ0) is 20.4. The fourth-order valence-corrected chi connectivity index (χ4v) is 5.12. The summed E-state index contributed by atoms with van der Waals surface area (Å²) in [7, 11) is -7.61. The lowest BCUT2D eigenvalue weighted by Crippen LogP contribution is -2.15. The molecule has 0 saturated carbocycles. The van der Waals surface area contributed by atoms with E-state index in [1.807, 2.05) is 0 Å². The topological polar surface area (TPSA) is 92.3 Å². The smallest absolute Gasteiger partial charge is 0.262 e. The summed E-state index contributed by atoms with van der Waals surface area (Å²) >= 11 is 5.87. The molecule has 9 heteroatoms. The van der Waals surface area contributed by atoms with Crippen molar-refractivity contribution in [3.8, 4) is 0 Å². The maximum atomic E-state index is 12.6. The predicted octanol–water partition coefficient (Wildman–Crippen LogP) is 4.25. The van der Waals surface area contributed by atoms with E-state index in [9.17, 15) is 16.8 Å². The first-order valence-corrected chi connectivity index (χ1v) is 11.5. The van der Waals surface area contributed by atoms with Gasteiger partial charge >= 0.3 is 0 Å². The maximum absolute atomic E-state index is 12.6. The summed E-state index contributed by atoms with van der Waals surface area (Å²) in [5, 5.41) is 0.442. The maximum Gasteiger partial charge on any atom is 0.262 e. The Labute approximate surface area is 169 Å². The van der Waals surface area contributed by atoms with Crippen molar-refractivity contribution in [2.24, 2.45) is 0 Å². The summed E-state index contributed by atoms with van der Waals surface area (Å²) in [6.07, 6.45) is 0. The summed E-state index contributed by atoms with van der Waals surface area (Å²) in [6, 6.07) is 18.4. The fourth-order valence-electron chi connectivity index (χ4n) is 2.55. The molecule has 2 N–H and O–H groups in total. The number of anilines is 2. The molecule has 0 heterocycles. The first kappa shape index (κ1) is 20.2. The van der Waals surface area contributed by atoms with E-state index in [1.165, 1.54) is 36.4 Å². The van der Waals surface area contributed by atoms with Crippen LogP contribution in [0.15, 0.2) is 82.6 Å². The third-order valence-corrected chi connectivity index (χ3v) is 7.04. The lowest BCUT2D eigenvalue weighted by Gasteiger charge is -2.12. The molecular formula is C19H17ClN2O4S2. The van der Waals surface area contributed by atoms with E-state index in [4.69, 9.17) is 11.6 Å². The highest BCUT2D eigenvalue weighted by molar-refractivity contribution is 7.93. The average molecular weight is 437 g/mol. The fraction of sp³-hybridized carbons (Fsp3) is 0.0526. The molecule has 3 aromatic rings. The lowest BCUT2D eigenvalue weighted by atomic mass is 10.2. The molecule has 3 aromatic carbocycles. The zero-order valence-electron chi connectivity index (χ0n) is 14.8. The minimum Gasteiger partial charge on any atom is -0.280 e. The Morgan fingerprint density at radius 3 is 1.89 bits per heavy atom. The zero-order valence-corrected chi connectivity index (χ0v) is 17.1. The molecular weight excluding hydrogens is 420 g/mol. The predicted molar refractivity (Wildman–Crippen MR) is 111 cm³/mol. The van der Waals surface area contributed by atoms with Gasteiger partial charge in [0.1, 0.15) is 0 Å². The molecule has 28 heavy (non-hydrogen) atoms. The Morgan fingerprint density at radius 2 is 1.29 bits per heavy atom. The number of halogens is 1. The molecule has 0 spiro atoms. The van der Waals surface area contributed by atoms with Crippen LogP contribution >= 0.6 is 11.6 Å².